The number of nitrogens with one attached hydrogen (secondary N) is 3. The van der Waals surface area contributed by atoms with Gasteiger partial charge in [-0.1, -0.05) is 12.1 Å². The van der Waals surface area contributed by atoms with Crippen molar-refractivity contribution in [2.75, 3.05) is 57.2 Å². The van der Waals surface area contributed by atoms with Crippen LogP contribution in [0, 0.1) is 13.8 Å². The Morgan fingerprint density at radius 2 is 1.83 bits per heavy atom. The maximum atomic E-state index is 14.0. The molecule has 6 rings (SSSR count). The van der Waals surface area contributed by atoms with Crippen molar-refractivity contribution in [3.05, 3.63) is 74.7 Å². The Hall–Kier alpha value is -4.15. The molecule has 2 saturated heterocycles. The van der Waals surface area contributed by atoms with Crippen LogP contribution in [0.3, 0.4) is 0 Å². The first-order valence-electron chi connectivity index (χ1n) is 16.3. The zero-order chi connectivity index (χ0) is 32.6. The standard InChI is InChI=1S/C36H45N5O5/c1-6-41(26-9-13-40(4)14-10-26)31-20-25(24-7-8-29-30(19-24)39-35(44)36(29)11-15-46-16-12-36)18-27(23(31)3)33(42)37-21-28-32(45-5)17-22(2)38-34(28)43/h7-8,17-20,26H,6,9-16,21H2,1-5H3,(H,37,42)(H,38,43)(H,39,44). The van der Waals surface area contributed by atoms with Crippen molar-refractivity contribution in [2.45, 2.75) is 64.5 Å². The Bertz CT molecular complexity index is 1700. The molecule has 0 unspecified atom stereocenters. The fraction of sp³-hybridized carbons (Fsp3) is 0.472. The van der Waals surface area contributed by atoms with Crippen LogP contribution in [-0.4, -0.2) is 74.7 Å². The first kappa shape index (κ1) is 31.8. The average Bonchev–Trinajstić information content (AvgIpc) is 3.31. The summed E-state index contributed by atoms with van der Waals surface area (Å²) >= 11 is 0. The molecule has 244 valence electrons. The minimum absolute atomic E-state index is 0.0275. The molecule has 2 fully saturated rings. The number of nitrogens with zero attached hydrogens (tertiary/aromatic N) is 2. The Labute approximate surface area is 270 Å². The predicted molar refractivity (Wildman–Crippen MR) is 180 cm³/mol. The number of H-pyrrole nitrogens is 1. The first-order chi connectivity index (χ1) is 22.1. The van der Waals surface area contributed by atoms with Crippen molar-refractivity contribution in [1.29, 1.82) is 0 Å². The van der Waals surface area contributed by atoms with Crippen LogP contribution in [-0.2, 0) is 21.5 Å². The molecule has 1 aromatic heterocycles. The summed E-state index contributed by atoms with van der Waals surface area (Å²) in [5, 5.41) is 6.14. The summed E-state index contributed by atoms with van der Waals surface area (Å²) in [5.74, 6) is 0.209. The zero-order valence-corrected chi connectivity index (χ0v) is 27.5. The predicted octanol–water partition coefficient (Wildman–Crippen LogP) is 4.52. The summed E-state index contributed by atoms with van der Waals surface area (Å²) in [6.07, 6.45) is 3.42. The van der Waals surface area contributed by atoms with E-state index in [1.165, 1.54) is 7.11 Å². The van der Waals surface area contributed by atoms with E-state index in [0.717, 1.165) is 66.1 Å². The normalized spacial score (nSPS) is 17.9. The number of hydrogen-bond acceptors (Lipinski definition) is 7. The molecule has 0 atom stereocenters. The van der Waals surface area contributed by atoms with Crippen LogP contribution >= 0.6 is 0 Å². The molecule has 0 aliphatic carbocycles. The second-order valence-electron chi connectivity index (χ2n) is 12.9. The van der Waals surface area contributed by atoms with Gasteiger partial charge in [0, 0.05) is 48.4 Å². The molecule has 3 aliphatic heterocycles. The molecule has 2 aromatic carbocycles. The van der Waals surface area contributed by atoms with Crippen LogP contribution in [0.1, 0.15) is 65.3 Å². The number of hydrogen-bond donors (Lipinski definition) is 3. The average molecular weight is 628 g/mol. The quantitative estimate of drug-likeness (QED) is 0.337. The van der Waals surface area contributed by atoms with Gasteiger partial charge in [0.1, 0.15) is 5.75 Å². The maximum absolute atomic E-state index is 14.0. The minimum atomic E-state index is -0.544. The van der Waals surface area contributed by atoms with Gasteiger partial charge in [0.25, 0.3) is 11.5 Å². The lowest BCUT2D eigenvalue weighted by molar-refractivity contribution is -0.124. The highest BCUT2D eigenvalue weighted by atomic mass is 16.5. The Kier molecular flexibility index (Phi) is 8.94. The summed E-state index contributed by atoms with van der Waals surface area (Å²) in [4.78, 5) is 47.5. The van der Waals surface area contributed by atoms with Crippen LogP contribution in [0.25, 0.3) is 11.1 Å². The third-order valence-corrected chi connectivity index (χ3v) is 10.2. The fourth-order valence-corrected chi connectivity index (χ4v) is 7.46. The third-order valence-electron chi connectivity index (χ3n) is 10.2. The number of benzene rings is 2. The summed E-state index contributed by atoms with van der Waals surface area (Å²) in [5.41, 5.74) is 6.36. The van der Waals surface area contributed by atoms with Crippen LogP contribution in [0.5, 0.6) is 5.75 Å². The number of fused-ring (bicyclic) bond motifs is 2. The number of pyridine rings is 1. The van der Waals surface area contributed by atoms with Gasteiger partial charge >= 0.3 is 0 Å². The Morgan fingerprint density at radius 1 is 1.09 bits per heavy atom. The number of ether oxygens (including phenoxy) is 2. The van der Waals surface area contributed by atoms with E-state index >= 15 is 0 Å². The van der Waals surface area contributed by atoms with E-state index in [-0.39, 0.29) is 23.9 Å². The molecule has 4 heterocycles. The smallest absolute Gasteiger partial charge is 0.256 e. The first-order valence-corrected chi connectivity index (χ1v) is 16.3. The lowest BCUT2D eigenvalue weighted by Gasteiger charge is -2.39. The molecule has 10 heteroatoms. The van der Waals surface area contributed by atoms with Gasteiger partial charge in [0.15, 0.2) is 0 Å². The number of methoxy groups -OCH3 is 1. The van der Waals surface area contributed by atoms with E-state index in [4.69, 9.17) is 9.47 Å². The molecule has 10 nitrogen and oxygen atoms in total. The van der Waals surface area contributed by atoms with Crippen LogP contribution in [0.15, 0.2) is 41.2 Å². The molecule has 3 aliphatic rings. The minimum Gasteiger partial charge on any atom is -0.496 e. The number of amides is 2. The van der Waals surface area contributed by atoms with Crippen LogP contribution in [0.2, 0.25) is 0 Å². The number of carbonyl (C=O) groups is 2. The van der Waals surface area contributed by atoms with Crippen LogP contribution in [0.4, 0.5) is 11.4 Å². The lowest BCUT2D eigenvalue weighted by Crippen LogP contribution is -2.44. The van der Waals surface area contributed by atoms with Gasteiger partial charge in [0.05, 0.1) is 24.6 Å². The number of aromatic nitrogens is 1. The largest absolute Gasteiger partial charge is 0.496 e. The fourth-order valence-electron chi connectivity index (χ4n) is 7.46. The van der Waals surface area contributed by atoms with Gasteiger partial charge in [-0.15, -0.1) is 0 Å². The van der Waals surface area contributed by atoms with Crippen molar-refractivity contribution < 1.29 is 19.1 Å². The summed E-state index contributed by atoms with van der Waals surface area (Å²) in [7, 11) is 3.68. The third kappa shape index (κ3) is 5.80. The van der Waals surface area contributed by atoms with Gasteiger partial charge in [-0.25, -0.2) is 0 Å². The van der Waals surface area contributed by atoms with Crippen molar-refractivity contribution in [3.63, 3.8) is 0 Å². The van der Waals surface area contributed by atoms with Crippen molar-refractivity contribution >= 4 is 23.2 Å². The summed E-state index contributed by atoms with van der Waals surface area (Å²) in [6, 6.07) is 12.4. The number of carbonyl (C=O) groups excluding carboxylic acids is 2. The molecule has 3 N–H and O–H groups in total. The monoisotopic (exact) mass is 627 g/mol. The van der Waals surface area contributed by atoms with Gasteiger partial charge in [0.2, 0.25) is 5.91 Å². The maximum Gasteiger partial charge on any atom is 0.256 e. The number of aromatic amines is 1. The van der Waals surface area contributed by atoms with Crippen molar-refractivity contribution in [3.8, 4) is 16.9 Å². The molecule has 46 heavy (non-hydrogen) atoms. The Balaban J connectivity index is 1.39. The number of anilines is 2. The molecule has 1 spiro atoms. The second kappa shape index (κ2) is 12.9. The van der Waals surface area contributed by atoms with E-state index in [9.17, 15) is 14.4 Å². The molecular formula is C36H45N5O5. The molecule has 0 bridgehead atoms. The van der Waals surface area contributed by atoms with Crippen molar-refractivity contribution in [1.82, 2.24) is 15.2 Å². The summed E-state index contributed by atoms with van der Waals surface area (Å²) in [6.45, 7) is 9.98. The van der Waals surface area contributed by atoms with Gasteiger partial charge < -0.3 is 34.9 Å². The molecular weight excluding hydrogens is 582 g/mol. The zero-order valence-electron chi connectivity index (χ0n) is 27.5. The van der Waals surface area contributed by atoms with Gasteiger partial charge in [-0.05, 0) is 113 Å². The molecule has 2 amide bonds. The Morgan fingerprint density at radius 3 is 2.52 bits per heavy atom. The summed E-state index contributed by atoms with van der Waals surface area (Å²) < 4.78 is 11.0. The SMILES string of the molecule is CCN(c1cc(-c2ccc3c(c2)NC(=O)C32CCOCC2)cc(C(=O)NCc2c(OC)cc(C)[nH]c2=O)c1C)C1CCN(C)CC1. The lowest BCUT2D eigenvalue weighted by atomic mass is 9.75. The van der Waals surface area contributed by atoms with E-state index < -0.39 is 5.41 Å². The highest BCUT2D eigenvalue weighted by Gasteiger charge is 2.47. The second-order valence-corrected chi connectivity index (χ2v) is 12.9. The molecule has 0 saturated carbocycles. The van der Waals surface area contributed by atoms with Gasteiger partial charge in [-0.3, -0.25) is 14.4 Å². The molecule has 3 aromatic rings. The number of likely N-dealkylation sites (tertiary alicyclic amines) is 1. The number of piperidine rings is 1. The van der Waals surface area contributed by atoms with E-state index in [0.29, 0.717) is 54.7 Å². The van der Waals surface area contributed by atoms with Gasteiger partial charge in [-0.2, -0.15) is 0 Å². The molecule has 0 radical (unpaired) electrons. The van der Waals surface area contributed by atoms with Crippen molar-refractivity contribution in [2.24, 2.45) is 0 Å². The number of aryl methyl sites for hydroxylation is 1. The highest BCUT2D eigenvalue weighted by molar-refractivity contribution is 6.07. The number of rotatable bonds is 8. The highest BCUT2D eigenvalue weighted by Crippen LogP contribution is 2.46. The van der Waals surface area contributed by atoms with E-state index in [2.05, 4.69) is 57.6 Å². The van der Waals surface area contributed by atoms with E-state index in [1.807, 2.05) is 19.1 Å². The topological polar surface area (TPSA) is 116 Å². The van der Waals surface area contributed by atoms with Crippen LogP contribution < -0.4 is 25.8 Å². The van der Waals surface area contributed by atoms with E-state index in [1.54, 1.807) is 13.0 Å².